The number of ether oxygens (including phenoxy) is 1. The Hall–Kier alpha value is -1.31. The van der Waals surface area contributed by atoms with Gasteiger partial charge in [-0.15, -0.1) is 0 Å². The third kappa shape index (κ3) is 5.47. The summed E-state index contributed by atoms with van der Waals surface area (Å²) < 4.78 is 5.34. The maximum Gasteiger partial charge on any atom is 0.313 e. The lowest BCUT2D eigenvalue weighted by atomic mass is 9.87. The molecule has 1 aliphatic rings. The second-order valence-corrected chi connectivity index (χ2v) is 6.52. The Labute approximate surface area is 135 Å². The zero-order valence-corrected chi connectivity index (χ0v) is 13.9. The SMILES string of the molecule is CCCCCCCCC[C@H]1C(=O)O[C@@H]1CCc1ccccc1. The number of carbonyl (C=O) groups is 1. The van der Waals surface area contributed by atoms with E-state index in [1.165, 1.54) is 50.5 Å². The second-order valence-electron chi connectivity index (χ2n) is 6.52. The Morgan fingerprint density at radius 1 is 0.909 bits per heavy atom. The Morgan fingerprint density at radius 2 is 1.59 bits per heavy atom. The van der Waals surface area contributed by atoms with Crippen molar-refractivity contribution in [3.63, 3.8) is 0 Å². The first kappa shape index (κ1) is 17.1. The molecular formula is C20H30O2. The van der Waals surface area contributed by atoms with Gasteiger partial charge >= 0.3 is 5.97 Å². The zero-order valence-electron chi connectivity index (χ0n) is 13.9. The third-order valence-electron chi connectivity index (χ3n) is 4.70. The first-order chi connectivity index (χ1) is 10.8. The number of benzene rings is 1. The zero-order chi connectivity index (χ0) is 15.6. The van der Waals surface area contributed by atoms with Crippen molar-refractivity contribution in [1.29, 1.82) is 0 Å². The Kier molecular flexibility index (Phi) is 7.48. The fourth-order valence-electron chi connectivity index (χ4n) is 3.24. The summed E-state index contributed by atoms with van der Waals surface area (Å²) >= 11 is 0. The number of aryl methyl sites for hydroxylation is 1. The topological polar surface area (TPSA) is 26.3 Å². The molecule has 0 bridgehead atoms. The van der Waals surface area contributed by atoms with Gasteiger partial charge in [0.05, 0.1) is 5.92 Å². The lowest BCUT2D eigenvalue weighted by Crippen LogP contribution is -2.45. The van der Waals surface area contributed by atoms with Crippen LogP contribution in [0.1, 0.15) is 70.3 Å². The van der Waals surface area contributed by atoms with Crippen LogP contribution in [0.25, 0.3) is 0 Å². The van der Waals surface area contributed by atoms with Gasteiger partial charge in [0.2, 0.25) is 0 Å². The van der Waals surface area contributed by atoms with Gasteiger partial charge in [0.1, 0.15) is 6.10 Å². The van der Waals surface area contributed by atoms with E-state index in [1.54, 1.807) is 0 Å². The molecule has 2 rings (SSSR count). The van der Waals surface area contributed by atoms with Crippen molar-refractivity contribution in [2.45, 2.75) is 77.2 Å². The number of hydrogen-bond acceptors (Lipinski definition) is 2. The Morgan fingerprint density at radius 3 is 2.27 bits per heavy atom. The quantitative estimate of drug-likeness (QED) is 0.409. The standard InChI is InChI=1S/C20H30O2/c1-2-3-4-5-6-7-11-14-18-19(22-20(18)21)16-15-17-12-9-8-10-13-17/h8-10,12-13,18-19H,2-7,11,14-16H2,1H3/t18-,19-/m1/s1. The van der Waals surface area contributed by atoms with E-state index in [0.717, 1.165) is 19.3 Å². The molecule has 1 saturated heterocycles. The van der Waals surface area contributed by atoms with Crippen molar-refractivity contribution in [3.8, 4) is 0 Å². The van der Waals surface area contributed by atoms with Gasteiger partial charge < -0.3 is 4.74 Å². The molecule has 0 spiro atoms. The summed E-state index contributed by atoms with van der Waals surface area (Å²) in [4.78, 5) is 11.6. The van der Waals surface area contributed by atoms with E-state index in [1.807, 2.05) is 6.07 Å². The van der Waals surface area contributed by atoms with Crippen LogP contribution < -0.4 is 0 Å². The average molecular weight is 302 g/mol. The summed E-state index contributed by atoms with van der Waals surface area (Å²) in [5.74, 6) is 0.198. The molecule has 1 fully saturated rings. The van der Waals surface area contributed by atoms with Gasteiger partial charge in [-0.3, -0.25) is 4.79 Å². The van der Waals surface area contributed by atoms with Gasteiger partial charge in [0.15, 0.2) is 0 Å². The molecule has 0 amide bonds. The van der Waals surface area contributed by atoms with Crippen LogP contribution in [-0.4, -0.2) is 12.1 Å². The fourth-order valence-corrected chi connectivity index (χ4v) is 3.24. The maximum absolute atomic E-state index is 11.6. The van der Waals surface area contributed by atoms with Crippen molar-refractivity contribution < 1.29 is 9.53 Å². The summed E-state index contributed by atoms with van der Waals surface area (Å²) in [6, 6.07) is 10.5. The van der Waals surface area contributed by atoms with E-state index in [2.05, 4.69) is 31.2 Å². The molecule has 0 aromatic heterocycles. The highest BCUT2D eigenvalue weighted by Crippen LogP contribution is 2.31. The summed E-state index contributed by atoms with van der Waals surface area (Å²) in [5.41, 5.74) is 1.33. The van der Waals surface area contributed by atoms with Gasteiger partial charge in [0, 0.05) is 0 Å². The highest BCUT2D eigenvalue weighted by atomic mass is 16.6. The van der Waals surface area contributed by atoms with Crippen LogP contribution in [0.3, 0.4) is 0 Å². The molecule has 0 saturated carbocycles. The van der Waals surface area contributed by atoms with Crippen LogP contribution in [0.2, 0.25) is 0 Å². The molecule has 22 heavy (non-hydrogen) atoms. The summed E-state index contributed by atoms with van der Waals surface area (Å²) in [6.07, 6.45) is 12.3. The number of unbranched alkanes of at least 4 members (excludes halogenated alkanes) is 6. The molecule has 2 nitrogen and oxygen atoms in total. The van der Waals surface area contributed by atoms with Gasteiger partial charge in [-0.1, -0.05) is 82.2 Å². The second kappa shape index (κ2) is 9.66. The molecule has 0 aliphatic carbocycles. The summed E-state index contributed by atoms with van der Waals surface area (Å²) in [7, 11) is 0. The molecule has 1 aliphatic heterocycles. The molecular weight excluding hydrogens is 272 g/mol. The highest BCUT2D eigenvalue weighted by molar-refractivity contribution is 5.78. The van der Waals surface area contributed by atoms with Crippen LogP contribution in [0.15, 0.2) is 30.3 Å². The number of hydrogen-bond donors (Lipinski definition) is 0. The molecule has 0 unspecified atom stereocenters. The molecule has 0 radical (unpaired) electrons. The van der Waals surface area contributed by atoms with Crippen LogP contribution in [0, 0.1) is 5.92 Å². The van der Waals surface area contributed by atoms with Gasteiger partial charge in [-0.05, 0) is 24.8 Å². The molecule has 2 heteroatoms. The van der Waals surface area contributed by atoms with E-state index >= 15 is 0 Å². The lowest BCUT2D eigenvalue weighted by molar-refractivity contribution is -0.185. The number of rotatable bonds is 11. The molecule has 122 valence electrons. The fraction of sp³-hybridized carbons (Fsp3) is 0.650. The van der Waals surface area contributed by atoms with Crippen molar-refractivity contribution in [3.05, 3.63) is 35.9 Å². The van der Waals surface area contributed by atoms with Crippen LogP contribution >= 0.6 is 0 Å². The Bertz CT molecular complexity index is 427. The smallest absolute Gasteiger partial charge is 0.313 e. The van der Waals surface area contributed by atoms with Crippen LogP contribution in [0.4, 0.5) is 0 Å². The van der Waals surface area contributed by atoms with E-state index in [0.29, 0.717) is 0 Å². The minimum absolute atomic E-state index is 0.0315. The highest BCUT2D eigenvalue weighted by Gasteiger charge is 2.40. The van der Waals surface area contributed by atoms with Crippen molar-refractivity contribution in [2.75, 3.05) is 0 Å². The van der Waals surface area contributed by atoms with Gasteiger partial charge in [0.25, 0.3) is 0 Å². The monoisotopic (exact) mass is 302 g/mol. The minimum Gasteiger partial charge on any atom is -0.461 e. The van der Waals surface area contributed by atoms with Crippen molar-refractivity contribution in [1.82, 2.24) is 0 Å². The van der Waals surface area contributed by atoms with E-state index in [-0.39, 0.29) is 18.0 Å². The normalized spacial score (nSPS) is 20.5. The minimum atomic E-state index is 0.0315. The summed E-state index contributed by atoms with van der Waals surface area (Å²) in [5, 5.41) is 0. The van der Waals surface area contributed by atoms with Crippen LogP contribution in [-0.2, 0) is 16.0 Å². The van der Waals surface area contributed by atoms with Gasteiger partial charge in [-0.2, -0.15) is 0 Å². The molecule has 1 aromatic rings. The number of esters is 1. The Balaban J connectivity index is 1.58. The van der Waals surface area contributed by atoms with Crippen molar-refractivity contribution >= 4 is 5.97 Å². The summed E-state index contributed by atoms with van der Waals surface area (Å²) in [6.45, 7) is 2.25. The predicted octanol–water partition coefficient (Wildman–Crippen LogP) is 5.30. The predicted molar refractivity (Wildman–Crippen MR) is 90.7 cm³/mol. The van der Waals surface area contributed by atoms with E-state index in [9.17, 15) is 4.79 Å². The van der Waals surface area contributed by atoms with Crippen LogP contribution in [0.5, 0.6) is 0 Å². The number of cyclic esters (lactones) is 1. The lowest BCUT2D eigenvalue weighted by Gasteiger charge is -2.35. The first-order valence-corrected chi connectivity index (χ1v) is 9.05. The van der Waals surface area contributed by atoms with E-state index < -0.39 is 0 Å². The van der Waals surface area contributed by atoms with E-state index in [4.69, 9.17) is 4.74 Å². The van der Waals surface area contributed by atoms with Crippen molar-refractivity contribution in [2.24, 2.45) is 5.92 Å². The maximum atomic E-state index is 11.6. The average Bonchev–Trinajstić information content (AvgIpc) is 2.54. The first-order valence-electron chi connectivity index (χ1n) is 9.05. The molecule has 1 heterocycles. The largest absolute Gasteiger partial charge is 0.461 e. The number of carbonyl (C=O) groups excluding carboxylic acids is 1. The van der Waals surface area contributed by atoms with Gasteiger partial charge in [-0.25, -0.2) is 0 Å². The molecule has 2 atom stereocenters. The molecule has 0 N–H and O–H groups in total. The third-order valence-corrected chi connectivity index (χ3v) is 4.70. The molecule has 1 aromatic carbocycles.